The van der Waals surface area contributed by atoms with E-state index in [4.69, 9.17) is 0 Å². The lowest BCUT2D eigenvalue weighted by Crippen LogP contribution is -2.10. The Morgan fingerprint density at radius 3 is 2.84 bits per heavy atom. The molecule has 3 rings (SSSR count). The summed E-state index contributed by atoms with van der Waals surface area (Å²) in [5.41, 5.74) is 1.09. The Morgan fingerprint density at radius 2 is 2.16 bits per heavy atom. The highest BCUT2D eigenvalue weighted by molar-refractivity contribution is 7.11. The number of hydrogen-bond acceptors (Lipinski definition) is 4. The zero-order valence-electron chi connectivity index (χ0n) is 11.5. The highest BCUT2D eigenvalue weighted by atomic mass is 32.1. The molecule has 0 unspecified atom stereocenters. The van der Waals surface area contributed by atoms with Crippen molar-refractivity contribution in [1.82, 2.24) is 14.5 Å². The van der Waals surface area contributed by atoms with Gasteiger partial charge in [-0.05, 0) is 26.7 Å². The predicted molar refractivity (Wildman–Crippen MR) is 78.6 cm³/mol. The first-order chi connectivity index (χ1) is 9.22. The fraction of sp³-hybridized carbons (Fsp3) is 0.571. The molecule has 0 aromatic carbocycles. The molecular weight excluding hydrogens is 256 g/mol. The number of nitrogens with one attached hydrogen (secondary N) is 1. The monoisotopic (exact) mass is 276 g/mol. The number of imidazole rings is 1. The third kappa shape index (κ3) is 2.81. The van der Waals surface area contributed by atoms with Gasteiger partial charge in [-0.2, -0.15) is 0 Å². The molecule has 0 atom stereocenters. The van der Waals surface area contributed by atoms with Gasteiger partial charge in [0.1, 0.15) is 0 Å². The first-order valence-electron chi connectivity index (χ1n) is 6.93. The number of thiazole rings is 1. The second kappa shape index (κ2) is 5.33. The summed E-state index contributed by atoms with van der Waals surface area (Å²) in [6.45, 7) is 4.92. The maximum Gasteiger partial charge on any atom is 0.203 e. The van der Waals surface area contributed by atoms with Gasteiger partial charge in [-0.15, -0.1) is 11.3 Å². The maximum atomic E-state index is 4.61. The molecule has 2 aromatic heterocycles. The molecule has 2 aromatic rings. The van der Waals surface area contributed by atoms with E-state index in [2.05, 4.69) is 33.0 Å². The summed E-state index contributed by atoms with van der Waals surface area (Å²) in [5, 5.41) is 4.58. The summed E-state index contributed by atoms with van der Waals surface area (Å²) >= 11 is 1.74. The minimum absolute atomic E-state index is 0.631. The third-order valence-electron chi connectivity index (χ3n) is 3.66. The second-order valence-corrected chi connectivity index (χ2v) is 6.57. The molecule has 2 heterocycles. The number of hydrogen-bond donors (Lipinski definition) is 1. The van der Waals surface area contributed by atoms with E-state index < -0.39 is 0 Å². The minimum Gasteiger partial charge on any atom is -0.351 e. The first kappa shape index (κ1) is 12.7. The molecule has 0 aliphatic heterocycles. The SMILES string of the molecule is Cc1cn(C2CCCC2)c(NCc2cnc(C)s2)n1. The molecule has 0 spiro atoms. The molecule has 19 heavy (non-hydrogen) atoms. The van der Waals surface area contributed by atoms with Crippen LogP contribution in [0.5, 0.6) is 0 Å². The Hall–Kier alpha value is -1.36. The fourth-order valence-corrected chi connectivity index (χ4v) is 3.50. The van der Waals surface area contributed by atoms with Crippen molar-refractivity contribution in [3.63, 3.8) is 0 Å². The summed E-state index contributed by atoms with van der Waals surface area (Å²) < 4.78 is 2.33. The van der Waals surface area contributed by atoms with E-state index in [1.54, 1.807) is 11.3 Å². The van der Waals surface area contributed by atoms with E-state index in [-0.39, 0.29) is 0 Å². The van der Waals surface area contributed by atoms with Gasteiger partial charge in [0.15, 0.2) is 0 Å². The molecule has 0 radical (unpaired) electrons. The van der Waals surface area contributed by atoms with Gasteiger partial charge in [-0.3, -0.25) is 0 Å². The minimum atomic E-state index is 0.631. The lowest BCUT2D eigenvalue weighted by molar-refractivity contribution is 0.522. The normalized spacial score (nSPS) is 16.1. The van der Waals surface area contributed by atoms with Crippen LogP contribution < -0.4 is 5.32 Å². The summed E-state index contributed by atoms with van der Waals surface area (Å²) in [7, 11) is 0. The van der Waals surface area contributed by atoms with Crippen LogP contribution in [0.2, 0.25) is 0 Å². The largest absolute Gasteiger partial charge is 0.351 e. The molecule has 5 heteroatoms. The van der Waals surface area contributed by atoms with Gasteiger partial charge in [0.2, 0.25) is 5.95 Å². The van der Waals surface area contributed by atoms with Crippen molar-refractivity contribution < 1.29 is 0 Å². The van der Waals surface area contributed by atoms with Crippen LogP contribution in [0.3, 0.4) is 0 Å². The molecule has 0 saturated heterocycles. The second-order valence-electron chi connectivity index (χ2n) is 5.25. The van der Waals surface area contributed by atoms with Gasteiger partial charge in [0.25, 0.3) is 0 Å². The van der Waals surface area contributed by atoms with E-state index >= 15 is 0 Å². The Morgan fingerprint density at radius 1 is 1.37 bits per heavy atom. The zero-order valence-corrected chi connectivity index (χ0v) is 12.3. The summed E-state index contributed by atoms with van der Waals surface area (Å²) in [5.74, 6) is 1.01. The average molecular weight is 276 g/mol. The van der Waals surface area contributed by atoms with Crippen LogP contribution in [0.1, 0.15) is 47.3 Å². The predicted octanol–water partition coefficient (Wildman–Crippen LogP) is 3.68. The van der Waals surface area contributed by atoms with Crippen LogP contribution in [0, 0.1) is 13.8 Å². The standard InChI is InChI=1S/C14H20N4S/c1-10-9-18(12-5-3-4-6-12)14(17-10)16-8-13-7-15-11(2)19-13/h7,9,12H,3-6,8H2,1-2H3,(H,16,17). The van der Waals surface area contributed by atoms with Crippen molar-refractivity contribution in [3.8, 4) is 0 Å². The fourth-order valence-electron chi connectivity index (χ4n) is 2.76. The van der Waals surface area contributed by atoms with Crippen LogP contribution in [-0.2, 0) is 6.54 Å². The van der Waals surface area contributed by atoms with E-state index in [0.717, 1.165) is 23.2 Å². The van der Waals surface area contributed by atoms with Gasteiger partial charge < -0.3 is 9.88 Å². The van der Waals surface area contributed by atoms with Gasteiger partial charge in [-0.1, -0.05) is 12.8 Å². The number of rotatable bonds is 4. The summed E-state index contributed by atoms with van der Waals surface area (Å²) in [6, 6.07) is 0.631. The first-order valence-corrected chi connectivity index (χ1v) is 7.74. The molecular formula is C14H20N4S. The van der Waals surface area contributed by atoms with Crippen molar-refractivity contribution in [2.75, 3.05) is 5.32 Å². The lowest BCUT2D eigenvalue weighted by atomic mass is 10.2. The quantitative estimate of drug-likeness (QED) is 0.926. The van der Waals surface area contributed by atoms with Crippen molar-refractivity contribution in [2.45, 2.75) is 52.1 Å². The van der Waals surface area contributed by atoms with Crippen LogP contribution in [0.15, 0.2) is 12.4 Å². The Bertz CT molecular complexity index is 552. The molecule has 1 aliphatic carbocycles. The molecule has 0 amide bonds. The van der Waals surface area contributed by atoms with Crippen LogP contribution in [-0.4, -0.2) is 14.5 Å². The Labute approximate surface area is 117 Å². The van der Waals surface area contributed by atoms with Crippen molar-refractivity contribution in [1.29, 1.82) is 0 Å². The number of aryl methyl sites for hydroxylation is 2. The van der Waals surface area contributed by atoms with Crippen LogP contribution in [0.25, 0.3) is 0 Å². The van der Waals surface area contributed by atoms with Gasteiger partial charge in [-0.25, -0.2) is 9.97 Å². The molecule has 1 fully saturated rings. The van der Waals surface area contributed by atoms with E-state index in [9.17, 15) is 0 Å². The van der Waals surface area contributed by atoms with Crippen molar-refractivity contribution in [2.24, 2.45) is 0 Å². The molecule has 1 N–H and O–H groups in total. The lowest BCUT2D eigenvalue weighted by Gasteiger charge is -2.15. The Kier molecular flexibility index (Phi) is 3.55. The van der Waals surface area contributed by atoms with Gasteiger partial charge >= 0.3 is 0 Å². The Balaban J connectivity index is 1.73. The number of anilines is 1. The van der Waals surface area contributed by atoms with Crippen LogP contribution in [0.4, 0.5) is 5.95 Å². The topological polar surface area (TPSA) is 42.7 Å². The molecule has 4 nitrogen and oxygen atoms in total. The highest BCUT2D eigenvalue weighted by Crippen LogP contribution is 2.32. The highest BCUT2D eigenvalue weighted by Gasteiger charge is 2.20. The smallest absolute Gasteiger partial charge is 0.203 e. The van der Waals surface area contributed by atoms with Gasteiger partial charge in [0.05, 0.1) is 17.2 Å². The molecule has 0 bridgehead atoms. The number of aromatic nitrogens is 3. The maximum absolute atomic E-state index is 4.61. The van der Waals surface area contributed by atoms with E-state index in [0.29, 0.717) is 6.04 Å². The molecule has 1 aliphatic rings. The third-order valence-corrected chi connectivity index (χ3v) is 4.57. The van der Waals surface area contributed by atoms with Gasteiger partial charge in [0, 0.05) is 23.3 Å². The average Bonchev–Trinajstić information content (AvgIpc) is 3.07. The number of nitrogens with zero attached hydrogens (tertiary/aromatic N) is 3. The summed E-state index contributed by atoms with van der Waals surface area (Å²) in [4.78, 5) is 10.2. The van der Waals surface area contributed by atoms with Crippen molar-refractivity contribution >= 4 is 17.3 Å². The van der Waals surface area contributed by atoms with Crippen molar-refractivity contribution in [3.05, 3.63) is 28.0 Å². The van der Waals surface area contributed by atoms with Crippen LogP contribution >= 0.6 is 11.3 Å². The van der Waals surface area contributed by atoms with E-state index in [1.807, 2.05) is 13.1 Å². The van der Waals surface area contributed by atoms with E-state index in [1.165, 1.54) is 30.6 Å². The molecule has 102 valence electrons. The zero-order chi connectivity index (χ0) is 13.2. The summed E-state index contributed by atoms with van der Waals surface area (Å²) in [6.07, 6.45) is 9.37. The molecule has 1 saturated carbocycles.